The van der Waals surface area contributed by atoms with E-state index in [4.69, 9.17) is 9.26 Å². The lowest BCUT2D eigenvalue weighted by molar-refractivity contribution is -0.131. The molecule has 8 nitrogen and oxygen atoms in total. The number of methoxy groups -OCH3 is 1. The highest BCUT2D eigenvalue weighted by molar-refractivity contribution is 7.91. The van der Waals surface area contributed by atoms with E-state index in [0.717, 1.165) is 0 Å². The first-order chi connectivity index (χ1) is 12.4. The minimum atomic E-state index is -3.02. The second-order valence-corrected chi connectivity index (χ2v) is 8.50. The van der Waals surface area contributed by atoms with Gasteiger partial charge in [0.1, 0.15) is 5.75 Å². The van der Waals surface area contributed by atoms with E-state index < -0.39 is 9.84 Å². The molecule has 1 amide bonds. The smallest absolute Gasteiger partial charge is 0.227 e. The molecule has 0 spiro atoms. The molecule has 1 fully saturated rings. The number of para-hydroxylation sites is 1. The van der Waals surface area contributed by atoms with Gasteiger partial charge in [-0.2, -0.15) is 4.98 Å². The van der Waals surface area contributed by atoms with Crippen LogP contribution in [0.5, 0.6) is 5.75 Å². The molecular weight excluding hydrogens is 358 g/mol. The lowest BCUT2D eigenvalue weighted by Crippen LogP contribution is -2.37. The number of ether oxygens (including phenoxy) is 1. The lowest BCUT2D eigenvalue weighted by Gasteiger charge is -2.23. The Morgan fingerprint density at radius 3 is 2.85 bits per heavy atom. The first-order valence-electron chi connectivity index (χ1n) is 8.31. The summed E-state index contributed by atoms with van der Waals surface area (Å²) in [5.74, 6) is 1.43. The van der Waals surface area contributed by atoms with Crippen molar-refractivity contribution in [3.63, 3.8) is 0 Å². The van der Waals surface area contributed by atoms with Crippen LogP contribution in [0, 0.1) is 0 Å². The maximum Gasteiger partial charge on any atom is 0.227 e. The van der Waals surface area contributed by atoms with Gasteiger partial charge in [0.05, 0.1) is 24.2 Å². The van der Waals surface area contributed by atoms with E-state index in [-0.39, 0.29) is 29.9 Å². The van der Waals surface area contributed by atoms with Gasteiger partial charge in [0.2, 0.25) is 17.6 Å². The summed E-state index contributed by atoms with van der Waals surface area (Å²) in [6.07, 6.45) is 0.967. The number of nitrogens with zero attached hydrogens (tertiary/aromatic N) is 3. The maximum atomic E-state index is 12.3. The third-order valence-electron chi connectivity index (χ3n) is 4.52. The van der Waals surface area contributed by atoms with Crippen LogP contribution in [0.2, 0.25) is 0 Å². The predicted octanol–water partition coefficient (Wildman–Crippen LogP) is 1.32. The van der Waals surface area contributed by atoms with E-state index in [2.05, 4.69) is 10.1 Å². The molecule has 2 aromatic rings. The summed E-state index contributed by atoms with van der Waals surface area (Å²) in [7, 11) is 0.186. The van der Waals surface area contributed by atoms with Crippen LogP contribution in [0.25, 0.3) is 11.4 Å². The lowest BCUT2D eigenvalue weighted by atomic mass is 10.2. The van der Waals surface area contributed by atoms with E-state index in [1.807, 2.05) is 18.2 Å². The summed E-state index contributed by atoms with van der Waals surface area (Å²) in [4.78, 5) is 18.1. The van der Waals surface area contributed by atoms with E-state index in [1.54, 1.807) is 20.2 Å². The van der Waals surface area contributed by atoms with Gasteiger partial charge in [0.15, 0.2) is 9.84 Å². The Labute approximate surface area is 152 Å². The third-order valence-corrected chi connectivity index (χ3v) is 6.27. The van der Waals surface area contributed by atoms with Crippen molar-refractivity contribution in [2.45, 2.75) is 25.3 Å². The van der Waals surface area contributed by atoms with E-state index in [9.17, 15) is 13.2 Å². The number of aryl methyl sites for hydroxylation is 1. The molecule has 1 aliphatic rings. The van der Waals surface area contributed by atoms with Crippen LogP contribution in [0.1, 0.15) is 18.7 Å². The Morgan fingerprint density at radius 1 is 1.38 bits per heavy atom. The first-order valence-corrected chi connectivity index (χ1v) is 10.1. The molecular formula is C17H21N3O5S. The molecule has 1 unspecified atom stereocenters. The fourth-order valence-corrected chi connectivity index (χ4v) is 4.74. The van der Waals surface area contributed by atoms with E-state index in [0.29, 0.717) is 35.9 Å². The van der Waals surface area contributed by atoms with Crippen molar-refractivity contribution in [2.24, 2.45) is 0 Å². The molecule has 0 bridgehead atoms. The zero-order valence-corrected chi connectivity index (χ0v) is 15.5. The molecule has 0 saturated carbocycles. The van der Waals surface area contributed by atoms with Crippen molar-refractivity contribution in [2.75, 3.05) is 25.7 Å². The highest BCUT2D eigenvalue weighted by Crippen LogP contribution is 2.27. The van der Waals surface area contributed by atoms with Crippen LogP contribution in [0.15, 0.2) is 28.8 Å². The standard InChI is InChI=1S/C17H21N3O5S/c1-20(12-9-10-26(22,23)11-12)16(21)8-7-15-18-17(19-25-15)13-5-3-4-6-14(13)24-2/h3-6,12H,7-11H2,1-2H3. The normalized spacial score (nSPS) is 18.6. The Balaban J connectivity index is 1.60. The van der Waals surface area contributed by atoms with Gasteiger partial charge in [-0.25, -0.2) is 8.42 Å². The molecule has 140 valence electrons. The van der Waals surface area contributed by atoms with Gasteiger partial charge in [-0.3, -0.25) is 4.79 Å². The summed E-state index contributed by atoms with van der Waals surface area (Å²) >= 11 is 0. The average molecular weight is 379 g/mol. The predicted molar refractivity (Wildman–Crippen MR) is 94.4 cm³/mol. The fraction of sp³-hybridized carbons (Fsp3) is 0.471. The van der Waals surface area contributed by atoms with Gasteiger partial charge in [0.25, 0.3) is 0 Å². The van der Waals surface area contributed by atoms with Crippen LogP contribution >= 0.6 is 0 Å². The Morgan fingerprint density at radius 2 is 2.15 bits per heavy atom. The fourth-order valence-electron chi connectivity index (χ4n) is 2.97. The summed E-state index contributed by atoms with van der Waals surface area (Å²) in [5, 5.41) is 3.94. The van der Waals surface area contributed by atoms with Crippen molar-refractivity contribution in [3.8, 4) is 17.1 Å². The minimum absolute atomic E-state index is 0.0355. The van der Waals surface area contributed by atoms with Crippen molar-refractivity contribution in [3.05, 3.63) is 30.2 Å². The molecule has 1 aromatic carbocycles. The molecule has 3 rings (SSSR count). The topological polar surface area (TPSA) is 103 Å². The molecule has 0 N–H and O–H groups in total. The molecule has 26 heavy (non-hydrogen) atoms. The van der Waals surface area contributed by atoms with E-state index >= 15 is 0 Å². The number of benzene rings is 1. The monoisotopic (exact) mass is 379 g/mol. The molecule has 1 atom stereocenters. The van der Waals surface area contributed by atoms with Crippen LogP contribution in [0.3, 0.4) is 0 Å². The summed E-state index contributed by atoms with van der Waals surface area (Å²) in [6, 6.07) is 7.08. The maximum absolute atomic E-state index is 12.3. The number of carbonyl (C=O) groups is 1. The Hall–Kier alpha value is -2.42. The van der Waals surface area contributed by atoms with Crippen molar-refractivity contribution in [1.82, 2.24) is 15.0 Å². The number of amides is 1. The zero-order chi connectivity index (χ0) is 18.7. The third kappa shape index (κ3) is 4.04. The molecule has 0 aliphatic carbocycles. The molecule has 1 saturated heterocycles. The van der Waals surface area contributed by atoms with Gasteiger partial charge in [0, 0.05) is 25.9 Å². The van der Waals surface area contributed by atoms with Gasteiger partial charge in [-0.1, -0.05) is 17.3 Å². The van der Waals surface area contributed by atoms with Crippen molar-refractivity contribution in [1.29, 1.82) is 0 Å². The molecule has 1 aromatic heterocycles. The van der Waals surface area contributed by atoms with Crippen LogP contribution in [-0.4, -0.2) is 61.1 Å². The largest absolute Gasteiger partial charge is 0.496 e. The van der Waals surface area contributed by atoms with Crippen LogP contribution in [0.4, 0.5) is 0 Å². The minimum Gasteiger partial charge on any atom is -0.496 e. The number of rotatable bonds is 6. The van der Waals surface area contributed by atoms with Gasteiger partial charge < -0.3 is 14.2 Å². The van der Waals surface area contributed by atoms with Crippen molar-refractivity contribution >= 4 is 15.7 Å². The number of carbonyl (C=O) groups excluding carboxylic acids is 1. The number of hydrogen-bond acceptors (Lipinski definition) is 7. The number of sulfone groups is 1. The zero-order valence-electron chi connectivity index (χ0n) is 14.7. The molecule has 0 radical (unpaired) electrons. The molecule has 2 heterocycles. The summed E-state index contributed by atoms with van der Waals surface area (Å²) in [5.41, 5.74) is 0.713. The first kappa shape index (κ1) is 18.4. The number of aromatic nitrogens is 2. The highest BCUT2D eigenvalue weighted by Gasteiger charge is 2.32. The Bertz CT molecular complexity index is 893. The number of hydrogen-bond donors (Lipinski definition) is 0. The average Bonchev–Trinajstić information content (AvgIpc) is 3.25. The van der Waals surface area contributed by atoms with Gasteiger partial charge >= 0.3 is 0 Å². The highest BCUT2D eigenvalue weighted by atomic mass is 32.2. The Kier molecular flexibility index (Phi) is 5.26. The van der Waals surface area contributed by atoms with Crippen LogP contribution < -0.4 is 4.74 Å². The quantitative estimate of drug-likeness (QED) is 0.746. The van der Waals surface area contributed by atoms with Gasteiger partial charge in [-0.05, 0) is 18.6 Å². The summed E-state index contributed by atoms with van der Waals surface area (Å²) in [6.45, 7) is 0. The second kappa shape index (κ2) is 7.45. The van der Waals surface area contributed by atoms with Crippen molar-refractivity contribution < 1.29 is 22.5 Å². The van der Waals surface area contributed by atoms with E-state index in [1.165, 1.54) is 4.90 Å². The molecule has 9 heteroatoms. The second-order valence-electron chi connectivity index (χ2n) is 6.27. The molecule has 1 aliphatic heterocycles. The van der Waals surface area contributed by atoms with Crippen LogP contribution in [-0.2, 0) is 21.1 Å². The SMILES string of the molecule is COc1ccccc1-c1noc(CCC(=O)N(C)C2CCS(=O)(=O)C2)n1. The van der Waals surface area contributed by atoms with Gasteiger partial charge in [-0.15, -0.1) is 0 Å². The summed E-state index contributed by atoms with van der Waals surface area (Å²) < 4.78 is 33.6.